The lowest BCUT2D eigenvalue weighted by Gasteiger charge is -2.30. The Hall–Kier alpha value is -3.85. The van der Waals surface area contributed by atoms with E-state index >= 15 is 0 Å². The van der Waals surface area contributed by atoms with Gasteiger partial charge in [0.15, 0.2) is 0 Å². The number of hydrogen-bond donors (Lipinski definition) is 1. The van der Waals surface area contributed by atoms with E-state index in [0.29, 0.717) is 23.9 Å². The quantitative estimate of drug-likeness (QED) is 0.0212. The molecule has 0 saturated carbocycles. The summed E-state index contributed by atoms with van der Waals surface area (Å²) >= 11 is 0. The molecule has 0 fully saturated rings. The number of phosphoric ester groups is 1. The molecular formula is C71H121N2O7P. The van der Waals surface area contributed by atoms with Gasteiger partial charge in [0.25, 0.3) is 7.82 Å². The van der Waals surface area contributed by atoms with Crippen LogP contribution in [0.15, 0.2) is 134 Å². The third kappa shape index (κ3) is 60.6. The second kappa shape index (κ2) is 59.3. The summed E-state index contributed by atoms with van der Waals surface area (Å²) in [4.78, 5) is 40.1. The minimum absolute atomic E-state index is 0.0418. The second-order valence-corrected chi connectivity index (χ2v) is 23.9. The zero-order valence-electron chi connectivity index (χ0n) is 52.7. The van der Waals surface area contributed by atoms with Crippen molar-refractivity contribution in [2.45, 2.75) is 264 Å². The van der Waals surface area contributed by atoms with E-state index in [1.54, 1.807) is 0 Å². The summed E-state index contributed by atoms with van der Waals surface area (Å²) in [5, 5.41) is 3.00. The van der Waals surface area contributed by atoms with E-state index in [4.69, 9.17) is 13.8 Å². The lowest BCUT2D eigenvalue weighted by atomic mass is 10.0. The van der Waals surface area contributed by atoms with Crippen molar-refractivity contribution in [2.75, 3.05) is 40.9 Å². The fourth-order valence-electron chi connectivity index (χ4n) is 8.57. The molecule has 0 aliphatic heterocycles. The number of carbonyl (C=O) groups is 2. The molecule has 462 valence electrons. The molecule has 0 aromatic carbocycles. The first kappa shape index (κ1) is 77.2. The molecule has 0 saturated heterocycles. The average Bonchev–Trinajstić information content (AvgIpc) is 3.44. The maximum atomic E-state index is 13.5. The molecule has 3 atom stereocenters. The molecule has 0 rings (SSSR count). The molecule has 81 heavy (non-hydrogen) atoms. The van der Waals surface area contributed by atoms with Crippen molar-refractivity contribution in [1.82, 2.24) is 5.32 Å². The summed E-state index contributed by atoms with van der Waals surface area (Å²) in [5.41, 5.74) is 0. The molecule has 3 unspecified atom stereocenters. The highest BCUT2D eigenvalue weighted by molar-refractivity contribution is 7.45. The Morgan fingerprint density at radius 2 is 0.790 bits per heavy atom. The number of unbranched alkanes of at least 4 members (excludes halogenated alkanes) is 21. The zero-order valence-corrected chi connectivity index (χ0v) is 53.6. The first-order valence-electron chi connectivity index (χ1n) is 32.5. The van der Waals surface area contributed by atoms with Gasteiger partial charge in [-0.2, -0.15) is 0 Å². The minimum Gasteiger partial charge on any atom is -0.756 e. The second-order valence-electron chi connectivity index (χ2n) is 22.5. The predicted octanol–water partition coefficient (Wildman–Crippen LogP) is 19.8. The summed E-state index contributed by atoms with van der Waals surface area (Å²) in [7, 11) is 1.12. The zero-order chi connectivity index (χ0) is 59.3. The van der Waals surface area contributed by atoms with Crippen LogP contribution in [0.4, 0.5) is 0 Å². The fourth-order valence-corrected chi connectivity index (χ4v) is 9.29. The van der Waals surface area contributed by atoms with Crippen molar-refractivity contribution in [3.8, 4) is 0 Å². The molecule has 0 spiro atoms. The molecule has 9 nitrogen and oxygen atoms in total. The van der Waals surface area contributed by atoms with Crippen molar-refractivity contribution >= 4 is 19.7 Å². The number of ether oxygens (including phenoxy) is 1. The van der Waals surface area contributed by atoms with Crippen molar-refractivity contribution in [1.29, 1.82) is 0 Å². The Morgan fingerprint density at radius 1 is 0.444 bits per heavy atom. The number of rotatable bonds is 57. The van der Waals surface area contributed by atoms with E-state index in [1.807, 2.05) is 33.3 Å². The summed E-state index contributed by atoms with van der Waals surface area (Å²) in [6.45, 7) is 6.64. The first-order valence-corrected chi connectivity index (χ1v) is 34.0. The largest absolute Gasteiger partial charge is 0.756 e. The van der Waals surface area contributed by atoms with Crippen molar-refractivity contribution in [3.05, 3.63) is 134 Å². The number of nitrogens with zero attached hydrogens (tertiary/aromatic N) is 1. The molecule has 0 aliphatic carbocycles. The van der Waals surface area contributed by atoms with E-state index < -0.39 is 26.6 Å². The van der Waals surface area contributed by atoms with Crippen LogP contribution in [0.1, 0.15) is 252 Å². The molecule has 0 aliphatic rings. The molecular weight excluding hydrogens is 1020 g/mol. The van der Waals surface area contributed by atoms with Crippen molar-refractivity contribution in [3.63, 3.8) is 0 Å². The molecule has 0 aromatic heterocycles. The number of nitrogens with one attached hydrogen (secondary N) is 1. The highest BCUT2D eigenvalue weighted by Crippen LogP contribution is 2.38. The van der Waals surface area contributed by atoms with Crippen molar-refractivity contribution < 1.29 is 37.3 Å². The van der Waals surface area contributed by atoms with Crippen LogP contribution in [0.25, 0.3) is 0 Å². The molecule has 0 aromatic rings. The molecule has 0 bridgehead atoms. The SMILES string of the molecule is CC/C=C\C/C=C\C/C=C\C/C=C\C/C=C\C/C=C\CCCCC(=O)NC(COP(=O)([O-])OCC[N+](C)(C)C)C(/C=C/CCCCCCCCCCCCC)OC(=O)CCCCCCC/C=C\C/C=C\C/C=C\C/C=C\CCCCC. The Bertz CT molecular complexity index is 1850. The van der Waals surface area contributed by atoms with Crippen LogP contribution in [0.5, 0.6) is 0 Å². The third-order valence-electron chi connectivity index (χ3n) is 13.6. The van der Waals surface area contributed by atoms with E-state index in [0.717, 1.165) is 122 Å². The van der Waals surface area contributed by atoms with E-state index in [9.17, 15) is 19.0 Å². The average molecular weight is 1150 g/mol. The van der Waals surface area contributed by atoms with Crippen LogP contribution in [0, 0.1) is 0 Å². The van der Waals surface area contributed by atoms with E-state index in [1.165, 1.54) is 83.5 Å². The minimum atomic E-state index is -4.73. The van der Waals surface area contributed by atoms with Crippen molar-refractivity contribution in [2.24, 2.45) is 0 Å². The maximum Gasteiger partial charge on any atom is 0.306 e. The molecule has 1 N–H and O–H groups in total. The lowest BCUT2D eigenvalue weighted by Crippen LogP contribution is -2.47. The Labute approximate surface area is 498 Å². The number of phosphoric acid groups is 1. The van der Waals surface area contributed by atoms with Crippen LogP contribution < -0.4 is 10.2 Å². The number of quaternary nitrogens is 1. The van der Waals surface area contributed by atoms with E-state index in [2.05, 4.69) is 148 Å². The number of esters is 1. The summed E-state index contributed by atoms with van der Waals surface area (Å²) in [5.74, 6) is -0.621. The smallest absolute Gasteiger partial charge is 0.306 e. The van der Waals surface area contributed by atoms with Gasteiger partial charge in [-0.15, -0.1) is 0 Å². The number of allylic oxidation sites excluding steroid dienone is 21. The number of amides is 1. The van der Waals surface area contributed by atoms with Crippen LogP contribution in [0.2, 0.25) is 0 Å². The van der Waals surface area contributed by atoms with Gasteiger partial charge in [-0.25, -0.2) is 0 Å². The first-order chi connectivity index (χ1) is 39.4. The fraction of sp³-hybridized carbons (Fsp3) is 0.662. The molecule has 0 radical (unpaired) electrons. The predicted molar refractivity (Wildman–Crippen MR) is 348 cm³/mol. The molecule has 10 heteroatoms. The highest BCUT2D eigenvalue weighted by atomic mass is 31.2. The monoisotopic (exact) mass is 1140 g/mol. The standard InChI is InChI=1S/C71H121N2O7P/c1-7-10-13-16-19-22-25-28-30-32-34-36-38-40-42-45-48-51-54-57-60-63-70(74)72-68(67-79-81(76,77)78-66-65-73(4,5)6)69(62-59-56-53-50-47-44-27-24-21-18-15-12-9-3)80-71(75)64-61-58-55-52-49-46-43-41-39-37-35-33-31-29-26-23-20-17-14-11-8-2/h10,13,19-20,22-23,28-31,34-37,40-43,48,51,59,62,68-69H,7-9,11-12,14-18,21,24-27,32-33,38-39,44-47,49-50,52-58,60-61,63-67H2,1-6H3,(H-,72,74,76,77)/b13-10-,22-19-,23-20-,30-28-,31-29-,36-34-,37-35-,42-40-,43-41-,51-48-,62-59+. The van der Waals surface area contributed by atoms with Crippen LogP contribution in [0.3, 0.4) is 0 Å². The van der Waals surface area contributed by atoms with Gasteiger partial charge in [0.05, 0.1) is 33.8 Å². The van der Waals surface area contributed by atoms with Crippen LogP contribution >= 0.6 is 7.82 Å². The Kier molecular flexibility index (Phi) is 56.5. The summed E-state index contributed by atoms with van der Waals surface area (Å²) < 4.78 is 30.3. The summed E-state index contributed by atoms with van der Waals surface area (Å²) in [6, 6.07) is -0.930. The van der Waals surface area contributed by atoms with Gasteiger partial charge < -0.3 is 28.5 Å². The third-order valence-corrected chi connectivity index (χ3v) is 14.5. The molecule has 0 heterocycles. The Balaban J connectivity index is 5.38. The number of likely N-dealkylation sites (N-methyl/N-ethyl adjacent to an activating group) is 1. The highest BCUT2D eigenvalue weighted by Gasteiger charge is 2.27. The molecule has 1 amide bonds. The van der Waals surface area contributed by atoms with Gasteiger partial charge in [0.1, 0.15) is 19.3 Å². The van der Waals surface area contributed by atoms with E-state index in [-0.39, 0.29) is 31.3 Å². The number of hydrogen-bond acceptors (Lipinski definition) is 7. The van der Waals surface area contributed by atoms with Gasteiger partial charge in [-0.3, -0.25) is 14.2 Å². The van der Waals surface area contributed by atoms with Gasteiger partial charge in [-0.05, 0) is 128 Å². The number of carbonyl (C=O) groups excluding carboxylic acids is 2. The topological polar surface area (TPSA) is 114 Å². The summed E-state index contributed by atoms with van der Waals surface area (Å²) in [6.07, 6.45) is 84.2. The Morgan fingerprint density at radius 3 is 1.22 bits per heavy atom. The van der Waals surface area contributed by atoms with Gasteiger partial charge >= 0.3 is 5.97 Å². The van der Waals surface area contributed by atoms with Crippen LogP contribution in [-0.4, -0.2) is 69.4 Å². The van der Waals surface area contributed by atoms with Gasteiger partial charge in [0, 0.05) is 12.8 Å². The van der Waals surface area contributed by atoms with Gasteiger partial charge in [-0.1, -0.05) is 245 Å². The van der Waals surface area contributed by atoms with Crippen LogP contribution in [-0.2, 0) is 27.9 Å². The lowest BCUT2D eigenvalue weighted by molar-refractivity contribution is -0.870. The van der Waals surface area contributed by atoms with Gasteiger partial charge in [0.2, 0.25) is 5.91 Å². The normalized spacial score (nSPS) is 14.5. The maximum absolute atomic E-state index is 13.5.